The van der Waals surface area contributed by atoms with E-state index in [0.717, 1.165) is 51.4 Å². The van der Waals surface area contributed by atoms with E-state index < -0.39 is 26.5 Å². The molecule has 0 radical (unpaired) electrons. The lowest BCUT2D eigenvalue weighted by Crippen LogP contribution is -2.37. The molecule has 2 atom stereocenters. The molecule has 0 aromatic rings. The SMILES string of the molecule is CCCCCCCC/C=C\CCCCCCCC(=O)OC(COC(=O)CCCCCCCCCCCCCCCCCCCCCCCCCCCCCCCCCCCCCCCCCCC)COP(=O)(O)OCC[N+](C)(C)C. The van der Waals surface area contributed by atoms with E-state index in [1.807, 2.05) is 21.1 Å². The van der Waals surface area contributed by atoms with E-state index in [4.69, 9.17) is 18.5 Å². The Labute approximate surface area is 498 Å². The number of rotatable bonds is 67. The summed E-state index contributed by atoms with van der Waals surface area (Å²) in [5.74, 6) is -0.787. The number of unbranched alkanes of at least 4 members (excludes halogenated alkanes) is 51. The van der Waals surface area contributed by atoms with Gasteiger partial charge in [-0.3, -0.25) is 18.6 Å². The van der Waals surface area contributed by atoms with Gasteiger partial charge in [-0.05, 0) is 38.5 Å². The molecule has 0 heterocycles. The molecule has 0 amide bonds. The average Bonchev–Trinajstić information content (AvgIpc) is 3.42. The first-order chi connectivity index (χ1) is 39.0. The standard InChI is InChI=1S/C70H138NO8P/c1-6-8-10-12-14-16-18-20-22-23-24-25-26-27-28-29-30-31-32-33-34-35-36-37-38-39-40-41-42-43-44-45-46-47-49-50-52-54-56-58-60-62-69(72)76-66-68(67-78-80(74,75)77-65-64-71(3,4)5)79-70(73)63-61-59-57-55-53-51-48-21-19-17-15-13-11-9-7-2/h21,48,68H,6-20,22-47,49-67H2,1-5H3/p+1/b48-21-. The van der Waals surface area contributed by atoms with Gasteiger partial charge in [-0.2, -0.15) is 0 Å². The van der Waals surface area contributed by atoms with Crippen LogP contribution in [-0.4, -0.2) is 74.9 Å². The van der Waals surface area contributed by atoms with Crippen molar-refractivity contribution in [1.29, 1.82) is 0 Å². The molecule has 9 nitrogen and oxygen atoms in total. The number of esters is 2. The third-order valence-electron chi connectivity index (χ3n) is 16.3. The number of phosphoric ester groups is 1. The predicted octanol–water partition coefficient (Wildman–Crippen LogP) is 22.7. The summed E-state index contributed by atoms with van der Waals surface area (Å²) >= 11 is 0. The van der Waals surface area contributed by atoms with Crippen LogP contribution in [0, 0.1) is 0 Å². The number of quaternary nitrogens is 1. The molecule has 0 saturated carbocycles. The van der Waals surface area contributed by atoms with Gasteiger partial charge in [0.15, 0.2) is 6.10 Å². The van der Waals surface area contributed by atoms with E-state index >= 15 is 0 Å². The molecule has 0 rings (SSSR count). The Morgan fingerprint density at radius 2 is 0.637 bits per heavy atom. The highest BCUT2D eigenvalue weighted by Crippen LogP contribution is 2.43. The van der Waals surface area contributed by atoms with Gasteiger partial charge in [0.25, 0.3) is 0 Å². The molecule has 0 aliphatic rings. The molecule has 0 saturated heterocycles. The lowest BCUT2D eigenvalue weighted by molar-refractivity contribution is -0.870. The first-order valence-electron chi connectivity index (χ1n) is 35.4. The summed E-state index contributed by atoms with van der Waals surface area (Å²) < 4.78 is 34.6. The van der Waals surface area contributed by atoms with Gasteiger partial charge in [-0.1, -0.05) is 334 Å². The summed E-state index contributed by atoms with van der Waals surface area (Å²) in [5, 5.41) is 0. The molecular formula is C70H139NO8P+. The lowest BCUT2D eigenvalue weighted by Gasteiger charge is -2.24. The topological polar surface area (TPSA) is 108 Å². The highest BCUT2D eigenvalue weighted by molar-refractivity contribution is 7.47. The number of phosphoric acid groups is 1. The van der Waals surface area contributed by atoms with Gasteiger partial charge >= 0.3 is 19.8 Å². The summed E-state index contributed by atoms with van der Waals surface area (Å²) in [6.45, 7) is 4.48. The number of likely N-dealkylation sites (N-methyl/N-ethyl adjacent to an activating group) is 1. The summed E-state index contributed by atoms with van der Waals surface area (Å²) in [6.07, 6.45) is 76.5. The van der Waals surface area contributed by atoms with Crippen molar-refractivity contribution < 1.29 is 42.1 Å². The van der Waals surface area contributed by atoms with E-state index in [2.05, 4.69) is 26.0 Å². The van der Waals surface area contributed by atoms with Crippen LogP contribution in [0.25, 0.3) is 0 Å². The van der Waals surface area contributed by atoms with Gasteiger partial charge in [-0.15, -0.1) is 0 Å². The Morgan fingerprint density at radius 1 is 0.375 bits per heavy atom. The van der Waals surface area contributed by atoms with Gasteiger partial charge in [0.1, 0.15) is 19.8 Å². The van der Waals surface area contributed by atoms with E-state index in [9.17, 15) is 19.0 Å². The largest absolute Gasteiger partial charge is 0.472 e. The van der Waals surface area contributed by atoms with Crippen LogP contribution in [0.3, 0.4) is 0 Å². The van der Waals surface area contributed by atoms with Crippen LogP contribution in [-0.2, 0) is 32.7 Å². The van der Waals surface area contributed by atoms with Crippen molar-refractivity contribution in [2.75, 3.05) is 47.5 Å². The van der Waals surface area contributed by atoms with Crippen molar-refractivity contribution >= 4 is 19.8 Å². The Balaban J connectivity index is 3.79. The molecule has 0 aromatic carbocycles. The second-order valence-electron chi connectivity index (χ2n) is 25.6. The van der Waals surface area contributed by atoms with Crippen molar-refractivity contribution in [2.24, 2.45) is 0 Å². The monoisotopic (exact) mass is 1150 g/mol. The highest BCUT2D eigenvalue weighted by atomic mass is 31.2. The number of hydrogen-bond acceptors (Lipinski definition) is 7. The molecular weight excluding hydrogens is 1010 g/mol. The molecule has 476 valence electrons. The number of hydrogen-bond donors (Lipinski definition) is 1. The van der Waals surface area contributed by atoms with E-state index in [0.29, 0.717) is 23.9 Å². The van der Waals surface area contributed by atoms with Gasteiger partial charge in [0.05, 0.1) is 27.7 Å². The maximum atomic E-state index is 12.8. The Bertz CT molecular complexity index is 1350. The Morgan fingerprint density at radius 3 is 0.925 bits per heavy atom. The number of allylic oxidation sites excluding steroid dienone is 2. The smallest absolute Gasteiger partial charge is 0.462 e. The number of nitrogens with zero attached hydrogens (tertiary/aromatic N) is 1. The van der Waals surface area contributed by atoms with Crippen LogP contribution in [0.15, 0.2) is 12.2 Å². The molecule has 2 unspecified atom stereocenters. The van der Waals surface area contributed by atoms with E-state index in [1.54, 1.807) is 0 Å². The molecule has 0 aromatic heterocycles. The minimum absolute atomic E-state index is 0.0337. The van der Waals surface area contributed by atoms with Crippen molar-refractivity contribution in [2.45, 2.75) is 380 Å². The molecule has 0 aliphatic heterocycles. The normalized spacial score (nSPS) is 13.1. The summed E-state index contributed by atoms with van der Waals surface area (Å²) in [6, 6.07) is 0. The summed E-state index contributed by atoms with van der Waals surface area (Å²) in [5.41, 5.74) is 0. The van der Waals surface area contributed by atoms with Crippen molar-refractivity contribution in [1.82, 2.24) is 0 Å². The van der Waals surface area contributed by atoms with Gasteiger partial charge < -0.3 is 18.9 Å². The van der Waals surface area contributed by atoms with Crippen LogP contribution in [0.1, 0.15) is 373 Å². The van der Waals surface area contributed by atoms with Crippen molar-refractivity contribution in [3.05, 3.63) is 12.2 Å². The van der Waals surface area contributed by atoms with Crippen LogP contribution in [0.2, 0.25) is 0 Å². The molecule has 0 bridgehead atoms. The van der Waals surface area contributed by atoms with E-state index in [-0.39, 0.29) is 25.6 Å². The number of ether oxygens (including phenoxy) is 2. The minimum atomic E-state index is -4.38. The maximum Gasteiger partial charge on any atom is 0.472 e. The zero-order chi connectivity index (χ0) is 58.4. The van der Waals surface area contributed by atoms with Crippen LogP contribution in [0.5, 0.6) is 0 Å². The first-order valence-corrected chi connectivity index (χ1v) is 36.9. The lowest BCUT2D eigenvalue weighted by atomic mass is 10.0. The van der Waals surface area contributed by atoms with Gasteiger partial charge in [0.2, 0.25) is 0 Å². The molecule has 10 heteroatoms. The molecule has 80 heavy (non-hydrogen) atoms. The molecule has 0 spiro atoms. The second kappa shape index (κ2) is 62.3. The van der Waals surface area contributed by atoms with Gasteiger partial charge in [0, 0.05) is 12.8 Å². The number of carbonyl (C=O) groups excluding carboxylic acids is 2. The van der Waals surface area contributed by atoms with Crippen molar-refractivity contribution in [3.8, 4) is 0 Å². The third kappa shape index (κ3) is 65.9. The Kier molecular flexibility index (Phi) is 61.3. The van der Waals surface area contributed by atoms with Crippen LogP contribution >= 0.6 is 7.82 Å². The molecule has 0 aliphatic carbocycles. The molecule has 1 N–H and O–H groups in total. The summed E-state index contributed by atoms with van der Waals surface area (Å²) in [7, 11) is 1.49. The van der Waals surface area contributed by atoms with Crippen LogP contribution in [0.4, 0.5) is 0 Å². The molecule has 0 fully saturated rings. The fourth-order valence-corrected chi connectivity index (χ4v) is 11.6. The van der Waals surface area contributed by atoms with Crippen molar-refractivity contribution in [3.63, 3.8) is 0 Å². The minimum Gasteiger partial charge on any atom is -0.462 e. The quantitative estimate of drug-likeness (QED) is 0.0211. The maximum absolute atomic E-state index is 12.8. The van der Waals surface area contributed by atoms with Gasteiger partial charge in [-0.25, -0.2) is 4.57 Å². The number of carbonyl (C=O) groups is 2. The second-order valence-corrected chi connectivity index (χ2v) is 27.1. The first kappa shape index (κ1) is 78.8. The fourth-order valence-electron chi connectivity index (χ4n) is 10.8. The highest BCUT2D eigenvalue weighted by Gasteiger charge is 2.27. The van der Waals surface area contributed by atoms with Crippen LogP contribution < -0.4 is 0 Å². The fraction of sp³-hybridized carbons (Fsp3) is 0.943. The zero-order valence-electron chi connectivity index (χ0n) is 54.4. The van der Waals surface area contributed by atoms with E-state index in [1.165, 1.54) is 289 Å². The summed E-state index contributed by atoms with van der Waals surface area (Å²) in [4.78, 5) is 35.7. The zero-order valence-corrected chi connectivity index (χ0v) is 55.3. The predicted molar refractivity (Wildman–Crippen MR) is 345 cm³/mol. The Hall–Kier alpha value is -1.25. The third-order valence-corrected chi connectivity index (χ3v) is 17.3. The average molecular weight is 1150 g/mol.